The Labute approximate surface area is 104 Å². The zero-order valence-corrected chi connectivity index (χ0v) is 10.4. The Balaban J connectivity index is 2.65. The fourth-order valence-electron chi connectivity index (χ4n) is 1.69. The van der Waals surface area contributed by atoms with Crippen molar-refractivity contribution in [1.29, 1.82) is 0 Å². The second-order valence-electron chi connectivity index (χ2n) is 3.97. The van der Waals surface area contributed by atoms with Crippen molar-refractivity contribution in [3.05, 3.63) is 46.5 Å². The minimum absolute atomic E-state index is 0.274. The highest BCUT2D eigenvalue weighted by Crippen LogP contribution is 2.25. The van der Waals surface area contributed by atoms with Gasteiger partial charge in [0, 0.05) is 12.2 Å². The molecular weight excluding hydrogens is 241 g/mol. The van der Waals surface area contributed by atoms with Crippen molar-refractivity contribution in [3.63, 3.8) is 0 Å². The van der Waals surface area contributed by atoms with Gasteiger partial charge < -0.3 is 5.73 Å². The van der Waals surface area contributed by atoms with E-state index in [1.807, 2.05) is 0 Å². The summed E-state index contributed by atoms with van der Waals surface area (Å²) in [7, 11) is 0. The van der Waals surface area contributed by atoms with Crippen molar-refractivity contribution in [2.45, 2.75) is 19.9 Å². The van der Waals surface area contributed by atoms with Gasteiger partial charge in [-0.05, 0) is 25.5 Å². The molecular formula is C12H13ClFN3. The molecule has 0 saturated carbocycles. The molecule has 1 aromatic carbocycles. The molecule has 5 heteroatoms. The Morgan fingerprint density at radius 2 is 2.18 bits per heavy atom. The summed E-state index contributed by atoms with van der Waals surface area (Å²) in [5, 5.41) is 4.68. The summed E-state index contributed by atoms with van der Waals surface area (Å²) in [6, 6.07) is 4.53. The lowest BCUT2D eigenvalue weighted by molar-refractivity contribution is 0.602. The summed E-state index contributed by atoms with van der Waals surface area (Å²) < 4.78 is 15.3. The van der Waals surface area contributed by atoms with Gasteiger partial charge in [-0.2, -0.15) is 5.10 Å². The van der Waals surface area contributed by atoms with Crippen molar-refractivity contribution in [2.24, 2.45) is 5.73 Å². The Morgan fingerprint density at radius 3 is 2.71 bits per heavy atom. The molecule has 0 radical (unpaired) electrons. The number of aryl methyl sites for hydroxylation is 1. The normalized spacial score (nSPS) is 12.8. The van der Waals surface area contributed by atoms with Gasteiger partial charge in [-0.3, -0.25) is 0 Å². The quantitative estimate of drug-likeness (QED) is 0.894. The van der Waals surface area contributed by atoms with Crippen LogP contribution < -0.4 is 5.73 Å². The van der Waals surface area contributed by atoms with Crippen LogP contribution in [0.1, 0.15) is 24.2 Å². The van der Waals surface area contributed by atoms with E-state index >= 15 is 0 Å². The summed E-state index contributed by atoms with van der Waals surface area (Å²) >= 11 is 5.93. The number of para-hydroxylation sites is 1. The first kappa shape index (κ1) is 12.1. The van der Waals surface area contributed by atoms with Crippen LogP contribution in [0.4, 0.5) is 4.39 Å². The highest BCUT2D eigenvalue weighted by atomic mass is 35.5. The summed E-state index contributed by atoms with van der Waals surface area (Å²) in [4.78, 5) is 0. The van der Waals surface area contributed by atoms with Gasteiger partial charge in [0.15, 0.2) is 0 Å². The molecule has 0 unspecified atom stereocenters. The molecule has 1 atom stereocenters. The van der Waals surface area contributed by atoms with Gasteiger partial charge in [0.25, 0.3) is 0 Å². The highest BCUT2D eigenvalue weighted by Gasteiger charge is 2.15. The van der Waals surface area contributed by atoms with Gasteiger partial charge in [0.05, 0.1) is 10.7 Å². The molecule has 0 aliphatic heterocycles. The van der Waals surface area contributed by atoms with Crippen molar-refractivity contribution in [2.75, 3.05) is 0 Å². The monoisotopic (exact) mass is 253 g/mol. The second kappa shape index (κ2) is 4.47. The lowest BCUT2D eigenvalue weighted by atomic mass is 10.1. The Bertz CT molecular complexity index is 529. The van der Waals surface area contributed by atoms with E-state index in [4.69, 9.17) is 17.3 Å². The van der Waals surface area contributed by atoms with Crippen LogP contribution in [-0.2, 0) is 0 Å². The zero-order valence-electron chi connectivity index (χ0n) is 9.61. The first-order valence-electron chi connectivity index (χ1n) is 5.27. The Kier molecular flexibility index (Phi) is 3.17. The minimum Gasteiger partial charge on any atom is -0.324 e. The first-order valence-corrected chi connectivity index (χ1v) is 5.64. The molecule has 2 aromatic rings. The second-order valence-corrected chi connectivity index (χ2v) is 4.38. The summed E-state index contributed by atoms with van der Waals surface area (Å²) in [5.41, 5.74) is 7.54. The van der Waals surface area contributed by atoms with Crippen LogP contribution in [0.3, 0.4) is 0 Å². The van der Waals surface area contributed by atoms with E-state index in [1.165, 1.54) is 10.7 Å². The van der Waals surface area contributed by atoms with Crippen molar-refractivity contribution < 1.29 is 4.39 Å². The number of halogens is 2. The van der Waals surface area contributed by atoms with Crippen molar-refractivity contribution in [1.82, 2.24) is 9.78 Å². The predicted octanol–water partition coefficient (Wildman–Crippen LogP) is 2.99. The maximum atomic E-state index is 13.9. The molecule has 0 saturated heterocycles. The SMILES string of the molecule is Cc1nn(-c2c(F)cccc2[C@H](C)N)cc1Cl. The molecule has 0 spiro atoms. The molecule has 0 aliphatic carbocycles. The topological polar surface area (TPSA) is 43.8 Å². The number of aromatic nitrogens is 2. The molecule has 90 valence electrons. The molecule has 0 amide bonds. The largest absolute Gasteiger partial charge is 0.324 e. The summed E-state index contributed by atoms with van der Waals surface area (Å²) in [6.07, 6.45) is 1.58. The number of hydrogen-bond donors (Lipinski definition) is 1. The van der Waals surface area contributed by atoms with Crippen molar-refractivity contribution in [3.8, 4) is 5.69 Å². The number of benzene rings is 1. The number of nitrogens with two attached hydrogens (primary N) is 1. The van der Waals surface area contributed by atoms with Crippen LogP contribution in [0.5, 0.6) is 0 Å². The van der Waals surface area contributed by atoms with E-state index in [1.54, 1.807) is 32.2 Å². The van der Waals surface area contributed by atoms with Gasteiger partial charge in [0.2, 0.25) is 0 Å². The Hall–Kier alpha value is -1.39. The average Bonchev–Trinajstić information content (AvgIpc) is 2.58. The number of rotatable bonds is 2. The van der Waals surface area contributed by atoms with Crippen LogP contribution in [0, 0.1) is 12.7 Å². The highest BCUT2D eigenvalue weighted by molar-refractivity contribution is 6.31. The standard InChI is InChI=1S/C12H13ClFN3/c1-7(15)9-4-3-5-11(14)12(9)17-6-10(13)8(2)16-17/h3-7H,15H2,1-2H3/t7-/m0/s1. The molecule has 0 bridgehead atoms. The molecule has 2 N–H and O–H groups in total. The number of hydrogen-bond acceptors (Lipinski definition) is 2. The third-order valence-electron chi connectivity index (χ3n) is 2.58. The molecule has 1 aromatic heterocycles. The molecule has 2 rings (SSSR count). The van der Waals surface area contributed by atoms with E-state index in [0.29, 0.717) is 22.0 Å². The lowest BCUT2D eigenvalue weighted by Crippen LogP contribution is -2.12. The summed E-state index contributed by atoms with van der Waals surface area (Å²) in [5.74, 6) is -0.362. The maximum Gasteiger partial charge on any atom is 0.149 e. The van der Waals surface area contributed by atoms with Gasteiger partial charge in [-0.25, -0.2) is 9.07 Å². The summed E-state index contributed by atoms with van der Waals surface area (Å²) in [6.45, 7) is 3.57. The molecule has 3 nitrogen and oxygen atoms in total. The van der Waals surface area contributed by atoms with Crippen LogP contribution >= 0.6 is 11.6 Å². The zero-order chi connectivity index (χ0) is 12.6. The van der Waals surface area contributed by atoms with Crippen molar-refractivity contribution >= 4 is 11.6 Å². The lowest BCUT2D eigenvalue weighted by Gasteiger charge is -2.13. The van der Waals surface area contributed by atoms with Crippen LogP contribution in [-0.4, -0.2) is 9.78 Å². The van der Waals surface area contributed by atoms with E-state index in [9.17, 15) is 4.39 Å². The maximum absolute atomic E-state index is 13.9. The molecule has 17 heavy (non-hydrogen) atoms. The van der Waals surface area contributed by atoms with E-state index in [2.05, 4.69) is 5.10 Å². The first-order chi connectivity index (χ1) is 8.00. The fraction of sp³-hybridized carbons (Fsp3) is 0.250. The van der Waals surface area contributed by atoms with Gasteiger partial charge in [-0.15, -0.1) is 0 Å². The van der Waals surface area contributed by atoms with Gasteiger partial charge in [-0.1, -0.05) is 23.7 Å². The van der Waals surface area contributed by atoms with Crippen LogP contribution in [0.15, 0.2) is 24.4 Å². The minimum atomic E-state index is -0.362. The molecule has 1 heterocycles. The Morgan fingerprint density at radius 1 is 1.47 bits per heavy atom. The van der Waals surface area contributed by atoms with Crippen LogP contribution in [0.25, 0.3) is 5.69 Å². The van der Waals surface area contributed by atoms with Crippen LogP contribution in [0.2, 0.25) is 5.02 Å². The van der Waals surface area contributed by atoms with Gasteiger partial charge in [0.1, 0.15) is 11.5 Å². The predicted molar refractivity (Wildman–Crippen MR) is 65.9 cm³/mol. The number of nitrogens with zero attached hydrogens (tertiary/aromatic N) is 2. The van der Waals surface area contributed by atoms with E-state index in [0.717, 1.165) is 0 Å². The third kappa shape index (κ3) is 2.18. The smallest absolute Gasteiger partial charge is 0.149 e. The average molecular weight is 254 g/mol. The van der Waals surface area contributed by atoms with E-state index in [-0.39, 0.29) is 11.9 Å². The molecule has 0 aliphatic rings. The van der Waals surface area contributed by atoms with Gasteiger partial charge >= 0.3 is 0 Å². The fourth-order valence-corrected chi connectivity index (χ4v) is 1.82. The molecule has 0 fully saturated rings. The van der Waals surface area contributed by atoms with E-state index < -0.39 is 0 Å². The third-order valence-corrected chi connectivity index (χ3v) is 2.95.